The van der Waals surface area contributed by atoms with Crippen LogP contribution in [0.15, 0.2) is 12.3 Å². The molecule has 1 unspecified atom stereocenters. The Labute approximate surface area is 91.1 Å². The number of nitrogens with zero attached hydrogens (tertiary/aromatic N) is 2. The maximum Gasteiger partial charge on any atom is 0.103 e. The molecule has 1 aromatic heterocycles. The first-order valence-corrected chi connectivity index (χ1v) is 5.79. The Morgan fingerprint density at radius 2 is 2.07 bits per heavy atom. The van der Waals surface area contributed by atoms with E-state index in [1.807, 2.05) is 19.3 Å². The van der Waals surface area contributed by atoms with Crippen molar-refractivity contribution in [3.8, 4) is 0 Å². The van der Waals surface area contributed by atoms with E-state index in [0.29, 0.717) is 0 Å². The van der Waals surface area contributed by atoms with Crippen molar-refractivity contribution in [3.63, 3.8) is 0 Å². The van der Waals surface area contributed by atoms with Crippen LogP contribution in [0, 0.1) is 5.41 Å². The fourth-order valence-corrected chi connectivity index (χ4v) is 2.57. The average Bonchev–Trinajstić information content (AvgIpc) is 2.65. The van der Waals surface area contributed by atoms with Gasteiger partial charge in [-0.1, -0.05) is 26.2 Å². The quantitative estimate of drug-likeness (QED) is 0.810. The predicted molar refractivity (Wildman–Crippen MR) is 59.4 cm³/mol. The van der Waals surface area contributed by atoms with Gasteiger partial charge in [0, 0.05) is 13.2 Å². The Hall–Kier alpha value is -0.830. The van der Waals surface area contributed by atoms with E-state index in [4.69, 9.17) is 0 Å². The molecule has 0 bridgehead atoms. The molecule has 1 fully saturated rings. The zero-order valence-corrected chi connectivity index (χ0v) is 9.61. The number of hydrogen-bond donors (Lipinski definition) is 1. The van der Waals surface area contributed by atoms with Crippen molar-refractivity contribution in [1.29, 1.82) is 0 Å². The van der Waals surface area contributed by atoms with Crippen molar-refractivity contribution < 1.29 is 5.11 Å². The van der Waals surface area contributed by atoms with Gasteiger partial charge in [-0.15, -0.1) is 0 Å². The molecule has 0 aliphatic heterocycles. The fourth-order valence-electron chi connectivity index (χ4n) is 2.57. The van der Waals surface area contributed by atoms with E-state index >= 15 is 0 Å². The Bertz CT molecular complexity index is 326. The monoisotopic (exact) mass is 208 g/mol. The van der Waals surface area contributed by atoms with E-state index in [1.165, 1.54) is 19.3 Å². The lowest BCUT2D eigenvalue weighted by Crippen LogP contribution is -2.28. The normalized spacial score (nSPS) is 22.6. The highest BCUT2D eigenvalue weighted by molar-refractivity contribution is 5.07. The Balaban J connectivity index is 2.15. The van der Waals surface area contributed by atoms with Crippen LogP contribution < -0.4 is 0 Å². The molecule has 1 atom stereocenters. The van der Waals surface area contributed by atoms with Gasteiger partial charge in [0.25, 0.3) is 0 Å². The number of rotatable bonds is 2. The number of aliphatic hydroxyl groups is 1. The van der Waals surface area contributed by atoms with Crippen molar-refractivity contribution >= 4 is 0 Å². The summed E-state index contributed by atoms with van der Waals surface area (Å²) in [5, 5.41) is 14.6. The number of aliphatic hydroxyl groups excluding tert-OH is 1. The van der Waals surface area contributed by atoms with Gasteiger partial charge in [-0.2, -0.15) is 5.10 Å². The first-order valence-electron chi connectivity index (χ1n) is 5.79. The highest BCUT2D eigenvalue weighted by atomic mass is 16.3. The van der Waals surface area contributed by atoms with Crippen molar-refractivity contribution in [2.45, 2.75) is 45.1 Å². The van der Waals surface area contributed by atoms with Gasteiger partial charge in [0.2, 0.25) is 0 Å². The van der Waals surface area contributed by atoms with Crippen molar-refractivity contribution in [1.82, 2.24) is 9.78 Å². The third kappa shape index (κ3) is 2.07. The second-order valence-corrected chi connectivity index (χ2v) is 5.03. The van der Waals surface area contributed by atoms with Crippen LogP contribution in [0.1, 0.15) is 50.8 Å². The van der Waals surface area contributed by atoms with Crippen LogP contribution in [0.3, 0.4) is 0 Å². The van der Waals surface area contributed by atoms with Crippen LogP contribution in [-0.2, 0) is 7.05 Å². The summed E-state index contributed by atoms with van der Waals surface area (Å²) in [5.74, 6) is 0. The van der Waals surface area contributed by atoms with E-state index in [1.54, 1.807) is 4.68 Å². The van der Waals surface area contributed by atoms with E-state index in [-0.39, 0.29) is 5.41 Å². The molecule has 15 heavy (non-hydrogen) atoms. The molecular weight excluding hydrogens is 188 g/mol. The van der Waals surface area contributed by atoms with Gasteiger partial charge >= 0.3 is 0 Å². The highest BCUT2D eigenvalue weighted by Gasteiger charge is 2.36. The number of hydrogen-bond acceptors (Lipinski definition) is 2. The summed E-state index contributed by atoms with van der Waals surface area (Å²) in [6, 6.07) is 1.92. The SMILES string of the molecule is Cn1ccc(C(O)C2(C)CCCCC2)n1. The molecule has 84 valence electrons. The summed E-state index contributed by atoms with van der Waals surface area (Å²) < 4.78 is 1.75. The summed E-state index contributed by atoms with van der Waals surface area (Å²) in [6.45, 7) is 2.19. The molecule has 1 aromatic rings. The molecule has 0 amide bonds. The Morgan fingerprint density at radius 3 is 2.60 bits per heavy atom. The number of aryl methyl sites for hydroxylation is 1. The Kier molecular flexibility index (Phi) is 2.83. The predicted octanol–water partition coefficient (Wildman–Crippen LogP) is 2.42. The summed E-state index contributed by atoms with van der Waals surface area (Å²) in [7, 11) is 1.89. The second kappa shape index (κ2) is 3.97. The molecule has 0 aromatic carbocycles. The lowest BCUT2D eigenvalue weighted by Gasteiger charge is -2.37. The lowest BCUT2D eigenvalue weighted by molar-refractivity contribution is 0.00493. The zero-order valence-electron chi connectivity index (χ0n) is 9.61. The minimum atomic E-state index is -0.404. The summed E-state index contributed by atoms with van der Waals surface area (Å²) in [6.07, 6.45) is 7.50. The molecule has 1 aliphatic rings. The molecule has 3 nitrogen and oxygen atoms in total. The van der Waals surface area contributed by atoms with Crippen molar-refractivity contribution in [2.75, 3.05) is 0 Å². The molecule has 2 rings (SSSR count). The van der Waals surface area contributed by atoms with Crippen LogP contribution >= 0.6 is 0 Å². The topological polar surface area (TPSA) is 38.0 Å². The highest BCUT2D eigenvalue weighted by Crippen LogP contribution is 2.44. The standard InChI is InChI=1S/C12H20N2O/c1-12(7-4-3-5-8-12)11(15)10-6-9-14(2)13-10/h6,9,11,15H,3-5,7-8H2,1-2H3. The smallest absolute Gasteiger partial charge is 0.103 e. The summed E-state index contributed by atoms with van der Waals surface area (Å²) >= 11 is 0. The average molecular weight is 208 g/mol. The van der Waals surface area contributed by atoms with E-state index < -0.39 is 6.10 Å². The van der Waals surface area contributed by atoms with E-state index in [9.17, 15) is 5.11 Å². The minimum absolute atomic E-state index is 0.0343. The van der Waals surface area contributed by atoms with Crippen LogP contribution in [0.5, 0.6) is 0 Å². The maximum atomic E-state index is 10.3. The van der Waals surface area contributed by atoms with Gasteiger partial charge in [-0.25, -0.2) is 0 Å². The van der Waals surface area contributed by atoms with Crippen LogP contribution in [0.25, 0.3) is 0 Å². The van der Waals surface area contributed by atoms with Crippen LogP contribution in [0.4, 0.5) is 0 Å². The van der Waals surface area contributed by atoms with Gasteiger partial charge in [0.15, 0.2) is 0 Å². The first kappa shape index (κ1) is 10.7. The Morgan fingerprint density at radius 1 is 1.40 bits per heavy atom. The van der Waals surface area contributed by atoms with Gasteiger partial charge in [0.05, 0.1) is 5.69 Å². The van der Waals surface area contributed by atoms with E-state index in [0.717, 1.165) is 18.5 Å². The van der Waals surface area contributed by atoms with Crippen LogP contribution in [-0.4, -0.2) is 14.9 Å². The van der Waals surface area contributed by atoms with E-state index in [2.05, 4.69) is 12.0 Å². The fraction of sp³-hybridized carbons (Fsp3) is 0.750. The minimum Gasteiger partial charge on any atom is -0.386 e. The molecule has 3 heteroatoms. The largest absolute Gasteiger partial charge is 0.386 e. The second-order valence-electron chi connectivity index (χ2n) is 5.03. The van der Waals surface area contributed by atoms with Crippen molar-refractivity contribution in [2.24, 2.45) is 12.5 Å². The molecule has 0 saturated heterocycles. The van der Waals surface area contributed by atoms with Crippen molar-refractivity contribution in [3.05, 3.63) is 18.0 Å². The van der Waals surface area contributed by atoms with Gasteiger partial charge < -0.3 is 5.11 Å². The molecular formula is C12H20N2O. The zero-order chi connectivity index (χ0) is 10.9. The molecule has 0 radical (unpaired) electrons. The molecule has 1 N–H and O–H groups in total. The third-order valence-corrected chi connectivity index (χ3v) is 3.67. The molecule has 1 saturated carbocycles. The molecule has 0 spiro atoms. The summed E-state index contributed by atoms with van der Waals surface area (Å²) in [5.41, 5.74) is 0.856. The maximum absolute atomic E-state index is 10.3. The summed E-state index contributed by atoms with van der Waals surface area (Å²) in [4.78, 5) is 0. The third-order valence-electron chi connectivity index (χ3n) is 3.67. The van der Waals surface area contributed by atoms with Gasteiger partial charge in [0.1, 0.15) is 6.10 Å². The molecule has 1 aliphatic carbocycles. The molecule has 1 heterocycles. The number of aromatic nitrogens is 2. The lowest BCUT2D eigenvalue weighted by atomic mass is 9.71. The van der Waals surface area contributed by atoms with Gasteiger partial charge in [-0.05, 0) is 24.3 Å². The van der Waals surface area contributed by atoms with Gasteiger partial charge in [-0.3, -0.25) is 4.68 Å². The first-order chi connectivity index (χ1) is 7.12. The van der Waals surface area contributed by atoms with Crippen LogP contribution in [0.2, 0.25) is 0 Å².